The molecular weight excluding hydrogens is 418 g/mol. The lowest BCUT2D eigenvalue weighted by atomic mass is 10.2. The summed E-state index contributed by atoms with van der Waals surface area (Å²) in [5, 5.41) is 19.3. The van der Waals surface area contributed by atoms with Crippen molar-refractivity contribution in [2.24, 2.45) is 10.2 Å². The molecule has 0 unspecified atom stereocenters. The van der Waals surface area contributed by atoms with E-state index in [-0.39, 0.29) is 18.2 Å². The summed E-state index contributed by atoms with van der Waals surface area (Å²) in [4.78, 5) is 12.2. The van der Waals surface area contributed by atoms with Crippen LogP contribution in [0.1, 0.15) is 11.1 Å². The molecular formula is C26H25N3O4. The van der Waals surface area contributed by atoms with Gasteiger partial charge in [0.2, 0.25) is 5.88 Å². The van der Waals surface area contributed by atoms with Crippen LogP contribution in [0.4, 0.5) is 5.69 Å². The van der Waals surface area contributed by atoms with Gasteiger partial charge in [-0.2, -0.15) is 0 Å². The van der Waals surface area contributed by atoms with E-state index in [9.17, 15) is 9.90 Å². The van der Waals surface area contributed by atoms with E-state index in [1.807, 2.05) is 80.6 Å². The average molecular weight is 444 g/mol. The average Bonchev–Trinajstić information content (AvgIpc) is 3.08. The lowest BCUT2D eigenvalue weighted by Crippen LogP contribution is -2.08. The number of amides is 1. The number of nitrogens with zero attached hydrogens (tertiary/aromatic N) is 3. The molecule has 0 saturated carbocycles. The summed E-state index contributed by atoms with van der Waals surface area (Å²) in [6, 6.07) is 22.6. The molecule has 1 N–H and O–H groups in total. The third-order valence-electron chi connectivity index (χ3n) is 5.20. The Labute approximate surface area is 191 Å². The molecule has 0 aliphatic heterocycles. The quantitative estimate of drug-likeness (QED) is 0.352. The highest BCUT2D eigenvalue weighted by atomic mass is 16.5. The van der Waals surface area contributed by atoms with Crippen molar-refractivity contribution in [3.05, 3.63) is 83.9 Å². The molecule has 3 aromatic carbocycles. The van der Waals surface area contributed by atoms with Crippen LogP contribution in [0.25, 0.3) is 10.9 Å². The van der Waals surface area contributed by atoms with Crippen molar-refractivity contribution in [1.29, 1.82) is 0 Å². The van der Waals surface area contributed by atoms with Crippen molar-refractivity contribution < 1.29 is 19.4 Å². The lowest BCUT2D eigenvalue weighted by molar-refractivity contribution is -0.120. The highest BCUT2D eigenvalue weighted by Gasteiger charge is 2.17. The van der Waals surface area contributed by atoms with Crippen LogP contribution in [0.5, 0.6) is 17.4 Å². The number of aromatic hydroxyl groups is 1. The molecule has 0 radical (unpaired) electrons. The highest BCUT2D eigenvalue weighted by molar-refractivity contribution is 5.95. The maximum Gasteiger partial charge on any atom is 0.302 e. The SMILES string of the molecule is Cc1cccc(OCC(=O)N=Nc2c(O)n(CCOc3ccccc3C)c3ccccc23)c1. The van der Waals surface area contributed by atoms with Gasteiger partial charge >= 0.3 is 5.91 Å². The van der Waals surface area contributed by atoms with Crippen molar-refractivity contribution in [3.8, 4) is 17.4 Å². The Kier molecular flexibility index (Phi) is 6.69. The van der Waals surface area contributed by atoms with Crippen LogP contribution in [0.2, 0.25) is 0 Å². The van der Waals surface area contributed by atoms with E-state index in [4.69, 9.17) is 9.47 Å². The number of carbonyl (C=O) groups is 1. The highest BCUT2D eigenvalue weighted by Crippen LogP contribution is 2.38. The molecule has 168 valence electrons. The van der Waals surface area contributed by atoms with Gasteiger partial charge in [0.05, 0.1) is 12.1 Å². The molecule has 0 spiro atoms. The van der Waals surface area contributed by atoms with E-state index in [2.05, 4.69) is 10.2 Å². The number of ether oxygens (including phenoxy) is 2. The van der Waals surface area contributed by atoms with Gasteiger partial charge in [-0.15, -0.1) is 10.2 Å². The number of rotatable bonds is 8. The van der Waals surface area contributed by atoms with Crippen LogP contribution in [0.3, 0.4) is 0 Å². The molecule has 0 aliphatic rings. The molecule has 33 heavy (non-hydrogen) atoms. The Morgan fingerprint density at radius 1 is 0.970 bits per heavy atom. The maximum absolute atomic E-state index is 12.2. The van der Waals surface area contributed by atoms with Crippen LogP contribution >= 0.6 is 0 Å². The molecule has 0 saturated heterocycles. The normalized spacial score (nSPS) is 11.2. The number of hydrogen-bond donors (Lipinski definition) is 1. The van der Waals surface area contributed by atoms with Crippen molar-refractivity contribution in [3.63, 3.8) is 0 Å². The van der Waals surface area contributed by atoms with Crippen LogP contribution < -0.4 is 9.47 Å². The third-order valence-corrected chi connectivity index (χ3v) is 5.20. The van der Waals surface area contributed by atoms with E-state index in [1.165, 1.54) is 0 Å². The predicted molar refractivity (Wildman–Crippen MR) is 126 cm³/mol. The third kappa shape index (κ3) is 5.20. The summed E-state index contributed by atoms with van der Waals surface area (Å²) < 4.78 is 13.1. The summed E-state index contributed by atoms with van der Waals surface area (Å²) in [7, 11) is 0. The van der Waals surface area contributed by atoms with E-state index < -0.39 is 5.91 Å². The molecule has 1 heterocycles. The first-order chi connectivity index (χ1) is 16.0. The second-order valence-electron chi connectivity index (χ2n) is 7.65. The number of benzene rings is 3. The van der Waals surface area contributed by atoms with E-state index in [0.717, 1.165) is 22.4 Å². The monoisotopic (exact) mass is 443 g/mol. The number of hydrogen-bond acceptors (Lipinski definition) is 5. The van der Waals surface area contributed by atoms with Gasteiger partial charge in [0.15, 0.2) is 12.3 Å². The first kappa shape index (κ1) is 22.1. The summed E-state index contributed by atoms with van der Waals surface area (Å²) >= 11 is 0. The standard InChI is InChI=1S/C26H25N3O4/c1-18-8-7-10-20(16-18)33-17-24(30)27-28-25-21-11-4-5-12-22(21)29(26(25)31)14-15-32-23-13-6-3-9-19(23)2/h3-13,16,31H,14-15,17H2,1-2H3. The number of aromatic nitrogens is 1. The first-order valence-corrected chi connectivity index (χ1v) is 10.7. The fourth-order valence-electron chi connectivity index (χ4n) is 3.55. The minimum absolute atomic E-state index is 0.0688. The predicted octanol–water partition coefficient (Wildman–Crippen LogP) is 5.73. The van der Waals surface area contributed by atoms with Crippen LogP contribution in [0.15, 0.2) is 83.0 Å². The number of carbonyl (C=O) groups excluding carboxylic acids is 1. The zero-order valence-corrected chi connectivity index (χ0v) is 18.6. The molecule has 0 aliphatic carbocycles. The fraction of sp³-hybridized carbons (Fsp3) is 0.192. The molecule has 0 fully saturated rings. The zero-order valence-electron chi connectivity index (χ0n) is 18.6. The van der Waals surface area contributed by atoms with E-state index >= 15 is 0 Å². The molecule has 0 atom stereocenters. The van der Waals surface area contributed by atoms with Gasteiger partial charge in [-0.3, -0.25) is 4.79 Å². The number of azo groups is 1. The van der Waals surface area contributed by atoms with Crippen molar-refractivity contribution in [2.75, 3.05) is 13.2 Å². The number of fused-ring (bicyclic) bond motifs is 1. The molecule has 7 heteroatoms. The minimum Gasteiger partial charge on any atom is -0.493 e. The summed E-state index contributed by atoms with van der Waals surface area (Å²) in [6.07, 6.45) is 0. The van der Waals surface area contributed by atoms with Crippen molar-refractivity contribution >= 4 is 22.5 Å². The molecule has 7 nitrogen and oxygen atoms in total. The maximum atomic E-state index is 12.2. The molecule has 4 rings (SSSR count). The van der Waals surface area contributed by atoms with E-state index in [0.29, 0.717) is 24.3 Å². The van der Waals surface area contributed by atoms with Gasteiger partial charge in [-0.25, -0.2) is 0 Å². The molecule has 0 bridgehead atoms. The zero-order chi connectivity index (χ0) is 23.2. The van der Waals surface area contributed by atoms with Gasteiger partial charge in [0.25, 0.3) is 0 Å². The Hall–Kier alpha value is -4.13. The smallest absolute Gasteiger partial charge is 0.302 e. The fourth-order valence-corrected chi connectivity index (χ4v) is 3.55. The molecule has 1 amide bonds. The van der Waals surface area contributed by atoms with Crippen molar-refractivity contribution in [2.45, 2.75) is 20.4 Å². The van der Waals surface area contributed by atoms with Crippen LogP contribution in [0, 0.1) is 13.8 Å². The van der Waals surface area contributed by atoms with Gasteiger partial charge < -0.3 is 19.1 Å². The number of para-hydroxylation sites is 2. The van der Waals surface area contributed by atoms with E-state index in [1.54, 1.807) is 10.6 Å². The molecule has 1 aromatic heterocycles. The summed E-state index contributed by atoms with van der Waals surface area (Å²) in [6.45, 7) is 4.45. The largest absolute Gasteiger partial charge is 0.493 e. The van der Waals surface area contributed by atoms with Crippen molar-refractivity contribution in [1.82, 2.24) is 4.57 Å². The Morgan fingerprint density at radius 2 is 1.76 bits per heavy atom. The summed E-state index contributed by atoms with van der Waals surface area (Å²) in [5.41, 5.74) is 3.09. The number of aryl methyl sites for hydroxylation is 2. The Morgan fingerprint density at radius 3 is 2.58 bits per heavy atom. The van der Waals surface area contributed by atoms with Gasteiger partial charge in [0.1, 0.15) is 18.1 Å². The van der Waals surface area contributed by atoms with Gasteiger partial charge in [0, 0.05) is 5.39 Å². The second kappa shape index (κ2) is 9.99. The first-order valence-electron chi connectivity index (χ1n) is 10.7. The molecule has 4 aromatic rings. The lowest BCUT2D eigenvalue weighted by Gasteiger charge is -2.11. The van der Waals surface area contributed by atoms with Gasteiger partial charge in [-0.05, 0) is 49.2 Å². The summed E-state index contributed by atoms with van der Waals surface area (Å²) in [5.74, 6) is 0.774. The van der Waals surface area contributed by atoms with Gasteiger partial charge in [-0.1, -0.05) is 48.5 Å². The Bertz CT molecular complexity index is 1310. The topological polar surface area (TPSA) is 85.4 Å². The van der Waals surface area contributed by atoms with Crippen LogP contribution in [-0.4, -0.2) is 28.8 Å². The second-order valence-corrected chi connectivity index (χ2v) is 7.65. The van der Waals surface area contributed by atoms with Crippen LogP contribution in [-0.2, 0) is 11.3 Å². The Balaban J connectivity index is 1.48. The minimum atomic E-state index is -0.546.